The Bertz CT molecular complexity index is 609. The molecule has 3 aromatic heterocycles. The third-order valence-corrected chi connectivity index (χ3v) is 3.49. The Labute approximate surface area is 102 Å². The van der Waals surface area contributed by atoms with E-state index in [2.05, 4.69) is 15.0 Å². The number of nitrogens with zero attached hydrogens (tertiary/aromatic N) is 4. The minimum absolute atomic E-state index is 0.611. The van der Waals surface area contributed by atoms with Crippen LogP contribution in [0.25, 0.3) is 20.9 Å². The molecule has 3 heterocycles. The number of nitrogens with two attached hydrogens (primary N) is 1. The van der Waals surface area contributed by atoms with E-state index in [1.54, 1.807) is 30.1 Å². The number of hydrogen-bond acceptors (Lipinski definition) is 5. The van der Waals surface area contributed by atoms with E-state index in [-0.39, 0.29) is 0 Å². The molecule has 17 heavy (non-hydrogen) atoms. The highest BCUT2D eigenvalue weighted by atomic mass is 32.1. The zero-order valence-electron chi connectivity index (χ0n) is 9.08. The minimum Gasteiger partial charge on any atom is -0.335 e. The van der Waals surface area contributed by atoms with E-state index >= 15 is 0 Å². The Morgan fingerprint density at radius 2 is 2.35 bits per heavy atom. The maximum atomic E-state index is 5.50. The standard InChI is InChI=1S/C11H11N5S/c12-2-4-16-6-9(14-7-16)11-15-8-5-13-3-1-10(8)17-11/h1,3,5-7H,2,4,12H2. The topological polar surface area (TPSA) is 69.6 Å². The van der Waals surface area contributed by atoms with Crippen molar-refractivity contribution in [1.82, 2.24) is 19.5 Å². The van der Waals surface area contributed by atoms with Crippen LogP contribution in [0.1, 0.15) is 0 Å². The fourth-order valence-electron chi connectivity index (χ4n) is 1.63. The fourth-order valence-corrected chi connectivity index (χ4v) is 2.53. The summed E-state index contributed by atoms with van der Waals surface area (Å²) in [5.41, 5.74) is 7.31. The second kappa shape index (κ2) is 4.23. The smallest absolute Gasteiger partial charge is 0.144 e. The summed E-state index contributed by atoms with van der Waals surface area (Å²) in [6, 6.07) is 1.97. The van der Waals surface area contributed by atoms with Gasteiger partial charge in [0.05, 0.1) is 17.2 Å². The predicted molar refractivity (Wildman–Crippen MR) is 67.7 cm³/mol. The summed E-state index contributed by atoms with van der Waals surface area (Å²) in [4.78, 5) is 12.9. The van der Waals surface area contributed by atoms with Crippen molar-refractivity contribution in [3.05, 3.63) is 31.0 Å². The number of hydrogen-bond donors (Lipinski definition) is 1. The summed E-state index contributed by atoms with van der Waals surface area (Å²) < 4.78 is 3.10. The van der Waals surface area contributed by atoms with Crippen LogP contribution in [0.2, 0.25) is 0 Å². The average molecular weight is 245 g/mol. The van der Waals surface area contributed by atoms with Crippen LogP contribution in [0.3, 0.4) is 0 Å². The first-order chi connectivity index (χ1) is 8.36. The number of thiazole rings is 1. The van der Waals surface area contributed by atoms with Gasteiger partial charge in [0.15, 0.2) is 0 Å². The summed E-state index contributed by atoms with van der Waals surface area (Å²) >= 11 is 1.62. The molecule has 0 bridgehead atoms. The largest absolute Gasteiger partial charge is 0.335 e. The first-order valence-corrected chi connectivity index (χ1v) is 6.11. The van der Waals surface area contributed by atoms with Crippen molar-refractivity contribution in [1.29, 1.82) is 0 Å². The summed E-state index contributed by atoms with van der Waals surface area (Å²) in [6.07, 6.45) is 7.30. The number of aromatic nitrogens is 4. The Balaban J connectivity index is 2.01. The lowest BCUT2D eigenvalue weighted by molar-refractivity contribution is 0.708. The molecule has 5 nitrogen and oxygen atoms in total. The summed E-state index contributed by atoms with van der Waals surface area (Å²) in [6.45, 7) is 1.39. The number of imidazole rings is 1. The third-order valence-electron chi connectivity index (χ3n) is 2.43. The highest BCUT2D eigenvalue weighted by molar-refractivity contribution is 7.21. The molecule has 6 heteroatoms. The van der Waals surface area contributed by atoms with Crippen molar-refractivity contribution < 1.29 is 0 Å². The molecule has 3 aromatic rings. The van der Waals surface area contributed by atoms with Crippen molar-refractivity contribution >= 4 is 21.6 Å². The zero-order chi connectivity index (χ0) is 11.7. The van der Waals surface area contributed by atoms with E-state index in [4.69, 9.17) is 5.73 Å². The van der Waals surface area contributed by atoms with Gasteiger partial charge in [-0.3, -0.25) is 4.98 Å². The number of pyridine rings is 1. The fraction of sp³-hybridized carbons (Fsp3) is 0.182. The SMILES string of the molecule is NCCn1cnc(-c2nc3cnccc3s2)c1. The van der Waals surface area contributed by atoms with Gasteiger partial charge in [0.1, 0.15) is 16.2 Å². The van der Waals surface area contributed by atoms with Gasteiger partial charge in [-0.25, -0.2) is 9.97 Å². The molecule has 3 rings (SSSR count). The van der Waals surface area contributed by atoms with E-state index in [9.17, 15) is 0 Å². The second-order valence-corrected chi connectivity index (χ2v) is 4.68. The van der Waals surface area contributed by atoms with E-state index < -0.39 is 0 Å². The molecule has 2 N–H and O–H groups in total. The van der Waals surface area contributed by atoms with Gasteiger partial charge < -0.3 is 10.3 Å². The Hall–Kier alpha value is -1.79. The van der Waals surface area contributed by atoms with Crippen molar-refractivity contribution in [2.24, 2.45) is 5.73 Å². The summed E-state index contributed by atoms with van der Waals surface area (Å²) in [5, 5.41) is 0.920. The Kier molecular flexibility index (Phi) is 2.58. The maximum Gasteiger partial charge on any atom is 0.144 e. The third kappa shape index (κ3) is 1.92. The molecule has 0 saturated carbocycles. The predicted octanol–water partition coefficient (Wildman–Crippen LogP) is 1.51. The molecule has 0 aliphatic rings. The molecule has 0 atom stereocenters. The number of fused-ring (bicyclic) bond motifs is 1. The molecule has 0 aliphatic carbocycles. The van der Waals surface area contributed by atoms with Crippen molar-refractivity contribution in [3.8, 4) is 10.7 Å². The van der Waals surface area contributed by atoms with Crippen LogP contribution in [0.5, 0.6) is 0 Å². The molecule has 0 amide bonds. The lowest BCUT2D eigenvalue weighted by atomic mass is 10.4. The van der Waals surface area contributed by atoms with Crippen molar-refractivity contribution in [3.63, 3.8) is 0 Å². The average Bonchev–Trinajstić information content (AvgIpc) is 2.94. The van der Waals surface area contributed by atoms with Crippen molar-refractivity contribution in [2.75, 3.05) is 6.54 Å². The molecule has 0 unspecified atom stereocenters. The van der Waals surface area contributed by atoms with Gasteiger partial charge in [-0.2, -0.15) is 0 Å². The molecular formula is C11H11N5S. The van der Waals surface area contributed by atoms with Crippen LogP contribution >= 0.6 is 11.3 Å². The van der Waals surface area contributed by atoms with Gasteiger partial charge in [0, 0.05) is 25.5 Å². The molecule has 0 aliphatic heterocycles. The molecule has 86 valence electrons. The van der Waals surface area contributed by atoms with Crippen LogP contribution in [0.4, 0.5) is 0 Å². The highest BCUT2D eigenvalue weighted by Gasteiger charge is 2.08. The molecular weight excluding hydrogens is 234 g/mol. The van der Waals surface area contributed by atoms with Crippen molar-refractivity contribution in [2.45, 2.75) is 6.54 Å². The van der Waals surface area contributed by atoms with E-state index in [1.165, 1.54) is 0 Å². The summed E-state index contributed by atoms with van der Waals surface area (Å²) in [5.74, 6) is 0. The first kappa shape index (κ1) is 10.4. The lowest BCUT2D eigenvalue weighted by Crippen LogP contribution is -2.07. The Morgan fingerprint density at radius 1 is 1.41 bits per heavy atom. The first-order valence-electron chi connectivity index (χ1n) is 5.29. The molecule has 0 radical (unpaired) electrons. The lowest BCUT2D eigenvalue weighted by Gasteiger charge is -1.94. The van der Waals surface area contributed by atoms with Gasteiger partial charge in [-0.15, -0.1) is 11.3 Å². The van der Waals surface area contributed by atoms with Gasteiger partial charge in [0.2, 0.25) is 0 Å². The zero-order valence-corrected chi connectivity index (χ0v) is 9.89. The second-order valence-electron chi connectivity index (χ2n) is 3.65. The molecule has 0 spiro atoms. The number of rotatable bonds is 3. The van der Waals surface area contributed by atoms with Crippen LogP contribution in [-0.2, 0) is 6.54 Å². The van der Waals surface area contributed by atoms with E-state index in [0.29, 0.717) is 6.54 Å². The summed E-state index contributed by atoms with van der Waals surface area (Å²) in [7, 11) is 0. The monoisotopic (exact) mass is 245 g/mol. The van der Waals surface area contributed by atoms with Gasteiger partial charge in [-0.1, -0.05) is 0 Å². The van der Waals surface area contributed by atoms with Crippen LogP contribution in [0, 0.1) is 0 Å². The van der Waals surface area contributed by atoms with E-state index in [0.717, 1.165) is 27.5 Å². The van der Waals surface area contributed by atoms with E-state index in [1.807, 2.05) is 16.8 Å². The quantitative estimate of drug-likeness (QED) is 0.759. The van der Waals surface area contributed by atoms with Gasteiger partial charge in [0.25, 0.3) is 0 Å². The van der Waals surface area contributed by atoms with Crippen LogP contribution in [0.15, 0.2) is 31.0 Å². The molecule has 0 fully saturated rings. The van der Waals surface area contributed by atoms with Gasteiger partial charge in [-0.05, 0) is 6.07 Å². The van der Waals surface area contributed by atoms with Crippen LogP contribution in [-0.4, -0.2) is 26.1 Å². The van der Waals surface area contributed by atoms with Crippen LogP contribution < -0.4 is 5.73 Å². The molecule has 0 aromatic carbocycles. The Morgan fingerprint density at radius 3 is 3.18 bits per heavy atom. The van der Waals surface area contributed by atoms with Gasteiger partial charge >= 0.3 is 0 Å². The molecule has 0 saturated heterocycles. The maximum absolute atomic E-state index is 5.50. The highest BCUT2D eigenvalue weighted by Crippen LogP contribution is 2.28. The normalized spacial score (nSPS) is 11.1. The minimum atomic E-state index is 0.611.